The predicted molar refractivity (Wildman–Crippen MR) is 91.5 cm³/mol. The van der Waals surface area contributed by atoms with E-state index < -0.39 is 0 Å². The Labute approximate surface area is 142 Å². The number of carbonyl (C=O) groups excluding carboxylic acids is 1. The lowest BCUT2D eigenvalue weighted by Gasteiger charge is -2.23. The Balaban J connectivity index is 1.70. The second kappa shape index (κ2) is 7.18. The number of halogens is 1. The topological polar surface area (TPSA) is 38.1 Å². The van der Waals surface area contributed by atoms with Crippen molar-refractivity contribution in [3.05, 3.63) is 53.3 Å². The first-order chi connectivity index (χ1) is 11.2. The van der Waals surface area contributed by atoms with E-state index >= 15 is 0 Å². The van der Waals surface area contributed by atoms with Gasteiger partial charge in [-0.2, -0.15) is 5.10 Å². The van der Waals surface area contributed by atoms with Crippen molar-refractivity contribution in [2.75, 3.05) is 12.4 Å². The Bertz CT molecular complexity index is 678. The molecule has 0 aliphatic heterocycles. The number of nitrogens with zero attached hydrogens (tertiary/aromatic N) is 3. The molecule has 0 radical (unpaired) electrons. The minimum absolute atomic E-state index is 0.0202. The number of aromatic nitrogens is 2. The van der Waals surface area contributed by atoms with Gasteiger partial charge in [-0.1, -0.05) is 24.3 Å². The van der Waals surface area contributed by atoms with Gasteiger partial charge in [0.1, 0.15) is 5.88 Å². The number of alkyl halides is 1. The van der Waals surface area contributed by atoms with Crippen LogP contribution in [0.4, 0.5) is 0 Å². The number of hydrogen-bond donors (Lipinski definition) is 0. The van der Waals surface area contributed by atoms with Crippen molar-refractivity contribution in [2.45, 2.75) is 31.7 Å². The number of amides is 1. The third-order valence-corrected chi connectivity index (χ3v) is 4.54. The summed E-state index contributed by atoms with van der Waals surface area (Å²) in [6.07, 6.45) is 5.18. The average molecular weight is 332 g/mol. The van der Waals surface area contributed by atoms with Gasteiger partial charge in [0, 0.05) is 32.8 Å². The van der Waals surface area contributed by atoms with Crippen LogP contribution in [0.1, 0.15) is 35.6 Å². The summed E-state index contributed by atoms with van der Waals surface area (Å²) >= 11 is 5.80. The van der Waals surface area contributed by atoms with E-state index in [0.717, 1.165) is 12.1 Å². The van der Waals surface area contributed by atoms with Crippen molar-refractivity contribution < 1.29 is 4.79 Å². The van der Waals surface area contributed by atoms with E-state index in [9.17, 15) is 4.79 Å². The molecule has 1 heterocycles. The summed E-state index contributed by atoms with van der Waals surface area (Å²) in [5.74, 6) is 0.677. The Morgan fingerprint density at radius 2 is 2.13 bits per heavy atom. The molecule has 0 bridgehead atoms. The van der Waals surface area contributed by atoms with E-state index in [1.165, 1.54) is 24.0 Å². The van der Waals surface area contributed by atoms with E-state index in [-0.39, 0.29) is 11.8 Å². The largest absolute Gasteiger partial charge is 0.337 e. The van der Waals surface area contributed by atoms with E-state index in [0.29, 0.717) is 19.0 Å². The van der Waals surface area contributed by atoms with Gasteiger partial charge >= 0.3 is 0 Å². The summed E-state index contributed by atoms with van der Waals surface area (Å²) in [6, 6.07) is 10.4. The maximum atomic E-state index is 12.2. The van der Waals surface area contributed by atoms with Gasteiger partial charge in [0.2, 0.25) is 5.91 Å². The molecule has 1 aromatic carbocycles. The molecule has 0 atom stereocenters. The molecule has 1 amide bonds. The third-order valence-electron chi connectivity index (χ3n) is 4.31. The van der Waals surface area contributed by atoms with Gasteiger partial charge in [-0.05, 0) is 36.0 Å². The van der Waals surface area contributed by atoms with Crippen molar-refractivity contribution in [3.63, 3.8) is 0 Å². The highest BCUT2D eigenvalue weighted by molar-refractivity contribution is 6.27. The van der Waals surface area contributed by atoms with Crippen LogP contribution in [0.15, 0.2) is 36.5 Å². The first-order valence-electron chi connectivity index (χ1n) is 8.07. The number of aryl methyl sites for hydroxylation is 1. The second-order valence-corrected chi connectivity index (χ2v) is 6.42. The van der Waals surface area contributed by atoms with Gasteiger partial charge in [-0.3, -0.25) is 9.48 Å². The zero-order valence-electron chi connectivity index (χ0n) is 13.4. The Hall–Kier alpha value is -1.81. The maximum Gasteiger partial charge on any atom is 0.237 e. The zero-order valence-corrected chi connectivity index (χ0v) is 14.2. The highest BCUT2D eigenvalue weighted by atomic mass is 35.5. The molecule has 1 fully saturated rings. The van der Waals surface area contributed by atoms with Crippen LogP contribution >= 0.6 is 11.6 Å². The number of carbonyl (C=O) groups is 1. The smallest absolute Gasteiger partial charge is 0.237 e. The quantitative estimate of drug-likeness (QED) is 0.731. The Morgan fingerprint density at radius 3 is 2.78 bits per heavy atom. The molecule has 2 aromatic rings. The molecule has 5 heteroatoms. The van der Waals surface area contributed by atoms with Gasteiger partial charge in [-0.25, -0.2) is 0 Å². The number of rotatable bonds is 7. The highest BCUT2D eigenvalue weighted by Crippen LogP contribution is 2.41. The molecular weight excluding hydrogens is 310 g/mol. The van der Waals surface area contributed by atoms with Crippen molar-refractivity contribution in [2.24, 2.45) is 7.05 Å². The summed E-state index contributed by atoms with van der Waals surface area (Å²) in [4.78, 5) is 14.1. The molecule has 1 aliphatic rings. The molecule has 4 nitrogen and oxygen atoms in total. The summed E-state index contributed by atoms with van der Waals surface area (Å²) in [7, 11) is 1.90. The van der Waals surface area contributed by atoms with Gasteiger partial charge in [0.25, 0.3) is 0 Å². The SMILES string of the molecule is Cn1ccc(CCN(Cc2ccccc2C2CC2)C(=O)CCl)n1. The predicted octanol–water partition coefficient (Wildman–Crippen LogP) is 3.11. The molecule has 1 saturated carbocycles. The minimum Gasteiger partial charge on any atom is -0.337 e. The molecule has 122 valence electrons. The molecule has 1 aromatic heterocycles. The monoisotopic (exact) mass is 331 g/mol. The van der Waals surface area contributed by atoms with Crippen LogP contribution in [-0.2, 0) is 24.8 Å². The van der Waals surface area contributed by atoms with Crippen molar-refractivity contribution >= 4 is 17.5 Å². The maximum absolute atomic E-state index is 12.2. The van der Waals surface area contributed by atoms with Crippen LogP contribution in [0.2, 0.25) is 0 Å². The summed E-state index contributed by atoms with van der Waals surface area (Å²) in [5, 5.41) is 4.38. The Morgan fingerprint density at radius 1 is 1.35 bits per heavy atom. The van der Waals surface area contributed by atoms with Crippen molar-refractivity contribution in [1.82, 2.24) is 14.7 Å². The van der Waals surface area contributed by atoms with E-state index in [2.05, 4.69) is 23.3 Å². The summed E-state index contributed by atoms with van der Waals surface area (Å²) in [6.45, 7) is 1.27. The molecule has 3 rings (SSSR count). The van der Waals surface area contributed by atoms with Crippen molar-refractivity contribution in [3.8, 4) is 0 Å². The zero-order chi connectivity index (χ0) is 16.2. The van der Waals surface area contributed by atoms with Crippen LogP contribution in [0.3, 0.4) is 0 Å². The molecule has 0 spiro atoms. The van der Waals surface area contributed by atoms with Gasteiger partial charge in [0.15, 0.2) is 0 Å². The number of hydrogen-bond acceptors (Lipinski definition) is 2. The van der Waals surface area contributed by atoms with E-state index in [1.807, 2.05) is 30.3 Å². The molecule has 23 heavy (non-hydrogen) atoms. The van der Waals surface area contributed by atoms with Crippen LogP contribution in [0.5, 0.6) is 0 Å². The standard InChI is InChI=1S/C18H22ClN3O/c1-21-10-8-16(20-21)9-11-22(18(23)12-19)13-15-4-2-3-5-17(15)14-6-7-14/h2-5,8,10,14H,6-7,9,11-13H2,1H3. The van der Waals surface area contributed by atoms with E-state index in [1.54, 1.807) is 4.68 Å². The van der Waals surface area contributed by atoms with Crippen molar-refractivity contribution in [1.29, 1.82) is 0 Å². The first kappa shape index (κ1) is 16.1. The fourth-order valence-electron chi connectivity index (χ4n) is 2.90. The molecule has 0 N–H and O–H groups in total. The average Bonchev–Trinajstić information content (AvgIpc) is 3.33. The van der Waals surface area contributed by atoms with Crippen LogP contribution in [-0.4, -0.2) is 33.0 Å². The molecule has 1 aliphatic carbocycles. The lowest BCUT2D eigenvalue weighted by atomic mass is 10.0. The summed E-state index contributed by atoms with van der Waals surface area (Å²) in [5.41, 5.74) is 3.63. The molecule has 0 saturated heterocycles. The van der Waals surface area contributed by atoms with Crippen LogP contribution in [0, 0.1) is 0 Å². The second-order valence-electron chi connectivity index (χ2n) is 6.15. The molecular formula is C18H22ClN3O. The molecule has 0 unspecified atom stereocenters. The first-order valence-corrected chi connectivity index (χ1v) is 8.61. The van der Waals surface area contributed by atoms with Gasteiger partial charge in [0.05, 0.1) is 5.69 Å². The fraction of sp³-hybridized carbons (Fsp3) is 0.444. The third kappa shape index (κ3) is 4.14. The van der Waals surface area contributed by atoms with Gasteiger partial charge in [-0.15, -0.1) is 11.6 Å². The highest BCUT2D eigenvalue weighted by Gasteiger charge is 2.26. The van der Waals surface area contributed by atoms with E-state index in [4.69, 9.17) is 11.6 Å². The lowest BCUT2D eigenvalue weighted by molar-refractivity contribution is -0.129. The van der Waals surface area contributed by atoms with Gasteiger partial charge < -0.3 is 4.90 Å². The fourth-order valence-corrected chi connectivity index (χ4v) is 3.07. The van der Waals surface area contributed by atoms with Crippen LogP contribution < -0.4 is 0 Å². The van der Waals surface area contributed by atoms with Crippen LogP contribution in [0.25, 0.3) is 0 Å². The normalized spacial score (nSPS) is 14.0. The lowest BCUT2D eigenvalue weighted by Crippen LogP contribution is -2.33. The number of benzene rings is 1. The minimum atomic E-state index is -0.0202. The Kier molecular flexibility index (Phi) is 5.01. The summed E-state index contributed by atoms with van der Waals surface area (Å²) < 4.78 is 1.78.